The van der Waals surface area contributed by atoms with Gasteiger partial charge < -0.3 is 20.7 Å². The number of hydrogen-bond acceptors (Lipinski definition) is 3. The van der Waals surface area contributed by atoms with Crippen molar-refractivity contribution in [1.82, 2.24) is 10.2 Å². The van der Waals surface area contributed by atoms with Gasteiger partial charge in [0.2, 0.25) is 0 Å². The van der Waals surface area contributed by atoms with Crippen molar-refractivity contribution in [1.29, 1.82) is 0 Å². The summed E-state index contributed by atoms with van der Waals surface area (Å²) in [4.78, 5) is 13.6. The maximum atomic E-state index is 11.8. The topological polar surface area (TPSA) is 67.6 Å². The first-order chi connectivity index (χ1) is 7.14. The summed E-state index contributed by atoms with van der Waals surface area (Å²) in [5.74, 6) is 0. The Balaban J connectivity index is 2.44. The van der Waals surface area contributed by atoms with Gasteiger partial charge in [0.1, 0.15) is 0 Å². The predicted molar refractivity (Wildman–Crippen MR) is 58.7 cm³/mol. The van der Waals surface area contributed by atoms with Crippen molar-refractivity contribution in [3.8, 4) is 0 Å². The molecule has 0 aliphatic carbocycles. The number of rotatable bonds is 4. The van der Waals surface area contributed by atoms with Crippen LogP contribution in [0.1, 0.15) is 19.8 Å². The van der Waals surface area contributed by atoms with Crippen molar-refractivity contribution in [2.24, 2.45) is 5.73 Å². The summed E-state index contributed by atoms with van der Waals surface area (Å²) in [5, 5.41) is 2.82. The number of nitrogens with zero attached hydrogens (tertiary/aromatic N) is 1. The molecular weight excluding hydrogens is 194 g/mol. The first-order valence-electron chi connectivity index (χ1n) is 5.38. The van der Waals surface area contributed by atoms with Crippen LogP contribution in [0.2, 0.25) is 0 Å². The lowest BCUT2D eigenvalue weighted by molar-refractivity contribution is 0.152. The highest BCUT2D eigenvalue weighted by molar-refractivity contribution is 5.75. The third kappa shape index (κ3) is 2.82. The fourth-order valence-corrected chi connectivity index (χ4v) is 1.94. The van der Waals surface area contributed by atoms with Crippen molar-refractivity contribution < 1.29 is 9.53 Å². The maximum Gasteiger partial charge on any atom is 0.317 e. The Labute approximate surface area is 90.9 Å². The minimum Gasteiger partial charge on any atom is -0.383 e. The molecule has 0 aromatic heterocycles. The molecule has 0 radical (unpaired) electrons. The number of carbonyl (C=O) groups is 1. The molecule has 1 fully saturated rings. The number of methoxy groups -OCH3 is 1. The molecule has 1 heterocycles. The van der Waals surface area contributed by atoms with E-state index in [-0.39, 0.29) is 11.6 Å². The molecule has 3 N–H and O–H groups in total. The van der Waals surface area contributed by atoms with Crippen LogP contribution in [-0.2, 0) is 4.74 Å². The Kier molecular flexibility index (Phi) is 4.35. The van der Waals surface area contributed by atoms with Crippen LogP contribution in [0.25, 0.3) is 0 Å². The second kappa shape index (κ2) is 5.32. The monoisotopic (exact) mass is 215 g/mol. The second-order valence-electron chi connectivity index (χ2n) is 4.18. The van der Waals surface area contributed by atoms with E-state index in [1.165, 1.54) is 0 Å². The number of nitrogens with two attached hydrogens (primary N) is 1. The zero-order chi connectivity index (χ0) is 11.3. The smallest absolute Gasteiger partial charge is 0.317 e. The zero-order valence-corrected chi connectivity index (χ0v) is 9.58. The van der Waals surface area contributed by atoms with E-state index in [1.807, 2.05) is 11.8 Å². The Morgan fingerprint density at radius 1 is 1.67 bits per heavy atom. The van der Waals surface area contributed by atoms with Gasteiger partial charge in [-0.3, -0.25) is 0 Å². The van der Waals surface area contributed by atoms with Gasteiger partial charge in [0.15, 0.2) is 0 Å². The second-order valence-corrected chi connectivity index (χ2v) is 4.18. The highest BCUT2D eigenvalue weighted by Crippen LogP contribution is 2.27. The molecule has 1 unspecified atom stereocenters. The quantitative estimate of drug-likeness (QED) is 0.656. The number of hydrogen-bond donors (Lipinski definition) is 2. The first-order valence-corrected chi connectivity index (χ1v) is 5.38. The molecule has 0 aromatic rings. The van der Waals surface area contributed by atoms with E-state index >= 15 is 0 Å². The van der Waals surface area contributed by atoms with Gasteiger partial charge in [-0.15, -0.1) is 0 Å². The molecule has 2 amide bonds. The van der Waals surface area contributed by atoms with Crippen molar-refractivity contribution in [3.05, 3.63) is 0 Å². The number of nitrogens with one attached hydrogen (secondary N) is 1. The average molecular weight is 215 g/mol. The van der Waals surface area contributed by atoms with Gasteiger partial charge in [-0.1, -0.05) is 0 Å². The molecule has 1 rings (SSSR count). The summed E-state index contributed by atoms with van der Waals surface area (Å²) >= 11 is 0. The molecule has 0 spiro atoms. The Morgan fingerprint density at radius 2 is 2.40 bits per heavy atom. The van der Waals surface area contributed by atoms with Crippen molar-refractivity contribution in [2.75, 3.05) is 33.4 Å². The van der Waals surface area contributed by atoms with Crippen LogP contribution < -0.4 is 11.1 Å². The van der Waals surface area contributed by atoms with E-state index in [0.29, 0.717) is 19.7 Å². The summed E-state index contributed by atoms with van der Waals surface area (Å²) < 4.78 is 4.88. The van der Waals surface area contributed by atoms with Gasteiger partial charge in [-0.2, -0.15) is 0 Å². The highest BCUT2D eigenvalue weighted by atomic mass is 16.5. The summed E-state index contributed by atoms with van der Waals surface area (Å²) in [5.41, 5.74) is 5.54. The number of likely N-dealkylation sites (tertiary alicyclic amines) is 1. The van der Waals surface area contributed by atoms with Crippen LogP contribution in [0.15, 0.2) is 0 Å². The van der Waals surface area contributed by atoms with Crippen molar-refractivity contribution >= 4 is 6.03 Å². The van der Waals surface area contributed by atoms with Crippen molar-refractivity contribution in [3.63, 3.8) is 0 Å². The fourth-order valence-electron chi connectivity index (χ4n) is 1.94. The molecule has 0 aromatic carbocycles. The number of amides is 2. The molecule has 88 valence electrons. The summed E-state index contributed by atoms with van der Waals surface area (Å²) in [7, 11) is 1.62. The Bertz CT molecular complexity index is 223. The van der Waals surface area contributed by atoms with E-state index in [2.05, 4.69) is 5.32 Å². The third-order valence-corrected chi connectivity index (χ3v) is 3.02. The number of carbonyl (C=O) groups excluding carboxylic acids is 1. The van der Waals surface area contributed by atoms with E-state index in [4.69, 9.17) is 10.5 Å². The normalized spacial score (nSPS) is 25.7. The van der Waals surface area contributed by atoms with Gasteiger partial charge in [0.05, 0.1) is 12.1 Å². The predicted octanol–water partition coefficient (Wildman–Crippen LogP) is 0.156. The third-order valence-electron chi connectivity index (χ3n) is 3.02. The van der Waals surface area contributed by atoms with Gasteiger partial charge >= 0.3 is 6.03 Å². The van der Waals surface area contributed by atoms with Gasteiger partial charge in [0.25, 0.3) is 0 Å². The molecule has 0 bridgehead atoms. The highest BCUT2D eigenvalue weighted by Gasteiger charge is 2.38. The van der Waals surface area contributed by atoms with E-state index < -0.39 is 0 Å². The van der Waals surface area contributed by atoms with Crippen LogP contribution in [0.3, 0.4) is 0 Å². The van der Waals surface area contributed by atoms with Gasteiger partial charge in [-0.25, -0.2) is 4.79 Å². The summed E-state index contributed by atoms with van der Waals surface area (Å²) in [6.45, 7) is 4.44. The van der Waals surface area contributed by atoms with Crippen LogP contribution in [0.4, 0.5) is 4.79 Å². The number of ether oxygens (including phenoxy) is 1. The molecule has 5 heteroatoms. The average Bonchev–Trinajstić information content (AvgIpc) is 2.61. The van der Waals surface area contributed by atoms with Gasteiger partial charge in [0, 0.05) is 26.7 Å². The zero-order valence-electron chi connectivity index (χ0n) is 9.58. The van der Waals surface area contributed by atoms with Crippen LogP contribution in [-0.4, -0.2) is 49.8 Å². The minimum absolute atomic E-state index is 0.0301. The molecule has 1 aliphatic rings. The minimum atomic E-state index is -0.169. The molecule has 15 heavy (non-hydrogen) atoms. The molecule has 5 nitrogen and oxygen atoms in total. The molecule has 1 aliphatic heterocycles. The number of urea groups is 1. The van der Waals surface area contributed by atoms with Crippen LogP contribution in [0, 0.1) is 0 Å². The summed E-state index contributed by atoms with van der Waals surface area (Å²) in [6, 6.07) is -0.0301. The van der Waals surface area contributed by atoms with Crippen molar-refractivity contribution in [2.45, 2.75) is 25.3 Å². The van der Waals surface area contributed by atoms with E-state index in [9.17, 15) is 4.79 Å². The van der Waals surface area contributed by atoms with Crippen LogP contribution in [0.5, 0.6) is 0 Å². The molecular formula is C10H21N3O2. The maximum absolute atomic E-state index is 11.8. The van der Waals surface area contributed by atoms with Gasteiger partial charge in [-0.05, 0) is 19.8 Å². The molecule has 1 atom stereocenters. The Hall–Kier alpha value is -0.810. The fraction of sp³-hybridized carbons (Fsp3) is 0.900. The Morgan fingerprint density at radius 3 is 3.00 bits per heavy atom. The lowest BCUT2D eigenvalue weighted by Gasteiger charge is -2.34. The summed E-state index contributed by atoms with van der Waals surface area (Å²) in [6.07, 6.45) is 2.02. The van der Waals surface area contributed by atoms with Crippen LogP contribution >= 0.6 is 0 Å². The van der Waals surface area contributed by atoms with E-state index in [1.54, 1.807) is 7.11 Å². The molecule has 1 saturated heterocycles. The molecule has 0 saturated carbocycles. The first kappa shape index (κ1) is 12.3. The SMILES string of the molecule is COCCNC(=O)N1CCCC1(C)CN. The lowest BCUT2D eigenvalue weighted by atomic mass is 10.00. The lowest BCUT2D eigenvalue weighted by Crippen LogP contribution is -2.53. The largest absolute Gasteiger partial charge is 0.383 e. The van der Waals surface area contributed by atoms with E-state index in [0.717, 1.165) is 19.4 Å². The standard InChI is InChI=1S/C10H21N3O2/c1-10(8-11)4-3-6-13(10)9(14)12-5-7-15-2/h3-8,11H2,1-2H3,(H,12,14).